The van der Waals surface area contributed by atoms with E-state index in [1.165, 1.54) is 11.3 Å². The van der Waals surface area contributed by atoms with Gasteiger partial charge in [-0.05, 0) is 33.3 Å². The average Bonchev–Trinajstić information content (AvgIpc) is 2.64. The number of amides is 3. The van der Waals surface area contributed by atoms with E-state index in [4.69, 9.17) is 0 Å². The second kappa shape index (κ2) is 7.07. The fraction of sp³-hybridized carbons (Fsp3) is 0.462. The molecular formula is C13H19N3O4S. The summed E-state index contributed by atoms with van der Waals surface area (Å²) in [5, 5.41) is 17.0. The van der Waals surface area contributed by atoms with Gasteiger partial charge < -0.3 is 15.7 Å². The molecule has 8 heteroatoms. The van der Waals surface area contributed by atoms with Crippen molar-refractivity contribution in [1.82, 2.24) is 10.6 Å². The van der Waals surface area contributed by atoms with Gasteiger partial charge >= 0.3 is 12.0 Å². The predicted molar refractivity (Wildman–Crippen MR) is 81.1 cm³/mol. The molecule has 1 aromatic rings. The molecule has 0 aliphatic carbocycles. The van der Waals surface area contributed by atoms with Gasteiger partial charge in [-0.15, -0.1) is 11.3 Å². The van der Waals surface area contributed by atoms with Crippen LogP contribution < -0.4 is 16.0 Å². The molecule has 3 amide bonds. The summed E-state index contributed by atoms with van der Waals surface area (Å²) >= 11 is 1.19. The number of hydrogen-bond acceptors (Lipinski definition) is 4. The minimum atomic E-state index is -1.09. The standard InChI is InChI=1S/C13H19N3O4S/c1-5-14-10(17)7(3)15-13(20)16-11-9(12(18)19)6(2)8(4)21-11/h7H,5H2,1-4H3,(H,14,17)(H,18,19)(H2,15,16,20). The van der Waals surface area contributed by atoms with E-state index in [1.54, 1.807) is 27.7 Å². The zero-order chi connectivity index (χ0) is 16.2. The van der Waals surface area contributed by atoms with Crippen molar-refractivity contribution in [1.29, 1.82) is 0 Å². The maximum absolute atomic E-state index is 11.8. The van der Waals surface area contributed by atoms with Crippen LogP contribution in [0.1, 0.15) is 34.6 Å². The number of thiophene rings is 1. The Balaban J connectivity index is 2.78. The molecule has 0 aliphatic heterocycles. The average molecular weight is 313 g/mol. The Labute approximate surface area is 126 Å². The van der Waals surface area contributed by atoms with Crippen molar-refractivity contribution in [3.8, 4) is 0 Å². The summed E-state index contributed by atoms with van der Waals surface area (Å²) in [5.41, 5.74) is 0.706. The predicted octanol–water partition coefficient (Wildman–Crippen LogP) is 1.71. The van der Waals surface area contributed by atoms with Crippen molar-refractivity contribution in [2.45, 2.75) is 33.7 Å². The molecule has 0 saturated carbocycles. The summed E-state index contributed by atoms with van der Waals surface area (Å²) in [6, 6.07) is -1.32. The molecule has 7 nitrogen and oxygen atoms in total. The van der Waals surface area contributed by atoms with Crippen molar-refractivity contribution in [3.63, 3.8) is 0 Å². The largest absolute Gasteiger partial charge is 0.478 e. The van der Waals surface area contributed by atoms with Gasteiger partial charge in [0, 0.05) is 11.4 Å². The molecule has 1 aromatic heterocycles. The number of anilines is 1. The molecule has 0 bridgehead atoms. The molecule has 0 radical (unpaired) electrons. The summed E-state index contributed by atoms with van der Waals surface area (Å²) in [7, 11) is 0. The number of rotatable bonds is 5. The zero-order valence-electron chi connectivity index (χ0n) is 12.4. The van der Waals surface area contributed by atoms with Crippen molar-refractivity contribution in [2.75, 3.05) is 11.9 Å². The Kier molecular flexibility index (Phi) is 5.71. The van der Waals surface area contributed by atoms with E-state index in [-0.39, 0.29) is 16.5 Å². The number of nitrogens with one attached hydrogen (secondary N) is 3. The molecule has 1 atom stereocenters. The molecule has 21 heavy (non-hydrogen) atoms. The number of aromatic carboxylic acids is 1. The van der Waals surface area contributed by atoms with Crippen LogP contribution in [-0.2, 0) is 4.79 Å². The zero-order valence-corrected chi connectivity index (χ0v) is 13.2. The SMILES string of the molecule is CCNC(=O)C(C)NC(=O)Nc1sc(C)c(C)c1C(=O)O. The highest BCUT2D eigenvalue weighted by atomic mass is 32.1. The molecule has 4 N–H and O–H groups in total. The minimum Gasteiger partial charge on any atom is -0.478 e. The van der Waals surface area contributed by atoms with Gasteiger partial charge in [0.1, 0.15) is 11.0 Å². The highest BCUT2D eigenvalue weighted by molar-refractivity contribution is 7.16. The van der Waals surface area contributed by atoms with Crippen molar-refractivity contribution in [2.24, 2.45) is 0 Å². The molecule has 0 spiro atoms. The quantitative estimate of drug-likeness (QED) is 0.663. The summed E-state index contributed by atoms with van der Waals surface area (Å²) in [6.45, 7) is 7.27. The Morgan fingerprint density at radius 3 is 2.43 bits per heavy atom. The Morgan fingerprint density at radius 2 is 1.90 bits per heavy atom. The minimum absolute atomic E-state index is 0.0818. The van der Waals surface area contributed by atoms with Crippen molar-refractivity contribution >= 4 is 34.2 Å². The Morgan fingerprint density at radius 1 is 1.29 bits per heavy atom. The van der Waals surface area contributed by atoms with Crippen LogP contribution in [0.3, 0.4) is 0 Å². The van der Waals surface area contributed by atoms with E-state index in [2.05, 4.69) is 16.0 Å². The van der Waals surface area contributed by atoms with E-state index in [0.29, 0.717) is 12.1 Å². The van der Waals surface area contributed by atoms with Crippen molar-refractivity contribution < 1.29 is 19.5 Å². The maximum Gasteiger partial charge on any atom is 0.338 e. The molecule has 0 saturated heterocycles. The van der Waals surface area contributed by atoms with Crippen LogP contribution in [0.4, 0.5) is 9.80 Å². The monoisotopic (exact) mass is 313 g/mol. The Bertz CT molecular complexity index is 568. The van der Waals surface area contributed by atoms with E-state index in [9.17, 15) is 19.5 Å². The highest BCUT2D eigenvalue weighted by Gasteiger charge is 2.21. The molecule has 0 fully saturated rings. The second-order valence-electron chi connectivity index (χ2n) is 4.51. The van der Waals surface area contributed by atoms with Gasteiger partial charge in [0.2, 0.25) is 5.91 Å². The van der Waals surface area contributed by atoms with Crippen LogP contribution >= 0.6 is 11.3 Å². The first kappa shape index (κ1) is 17.0. The number of aryl methyl sites for hydroxylation is 1. The van der Waals surface area contributed by atoms with Gasteiger partial charge in [0.25, 0.3) is 0 Å². The smallest absolute Gasteiger partial charge is 0.338 e. The summed E-state index contributed by atoms with van der Waals surface area (Å²) in [6.07, 6.45) is 0. The lowest BCUT2D eigenvalue weighted by Crippen LogP contribution is -2.46. The van der Waals surface area contributed by atoms with Gasteiger partial charge in [-0.3, -0.25) is 10.1 Å². The molecule has 1 heterocycles. The van der Waals surface area contributed by atoms with Crippen LogP contribution in [-0.4, -0.2) is 35.6 Å². The summed E-state index contributed by atoms with van der Waals surface area (Å²) in [5.74, 6) is -1.39. The van der Waals surface area contributed by atoms with Gasteiger partial charge in [-0.25, -0.2) is 9.59 Å². The number of urea groups is 1. The number of carboxylic acids is 1. The molecule has 1 unspecified atom stereocenters. The molecule has 1 rings (SSSR count). The lowest BCUT2D eigenvalue weighted by Gasteiger charge is -2.13. The number of carbonyl (C=O) groups is 3. The maximum atomic E-state index is 11.8. The number of carbonyl (C=O) groups excluding carboxylic acids is 2. The first-order chi connectivity index (χ1) is 9.77. The lowest BCUT2D eigenvalue weighted by molar-refractivity contribution is -0.122. The van der Waals surface area contributed by atoms with Crippen LogP contribution in [0.5, 0.6) is 0 Å². The van der Waals surface area contributed by atoms with Gasteiger partial charge in [-0.1, -0.05) is 0 Å². The van der Waals surface area contributed by atoms with Gasteiger partial charge in [-0.2, -0.15) is 0 Å². The highest BCUT2D eigenvalue weighted by Crippen LogP contribution is 2.32. The van der Waals surface area contributed by atoms with Crippen LogP contribution in [0.2, 0.25) is 0 Å². The van der Waals surface area contributed by atoms with E-state index in [0.717, 1.165) is 4.88 Å². The van der Waals surface area contributed by atoms with Crippen molar-refractivity contribution in [3.05, 3.63) is 16.0 Å². The topological polar surface area (TPSA) is 108 Å². The molecular weight excluding hydrogens is 294 g/mol. The van der Waals surface area contributed by atoms with E-state index in [1.807, 2.05) is 0 Å². The van der Waals surface area contributed by atoms with E-state index >= 15 is 0 Å². The molecule has 116 valence electrons. The molecule has 0 aromatic carbocycles. The van der Waals surface area contributed by atoms with Crippen LogP contribution in [0.25, 0.3) is 0 Å². The third-order valence-corrected chi connectivity index (χ3v) is 4.04. The van der Waals surface area contributed by atoms with Gasteiger partial charge in [0.15, 0.2) is 0 Å². The Hall–Kier alpha value is -2.09. The lowest BCUT2D eigenvalue weighted by atomic mass is 10.1. The molecule has 0 aliphatic rings. The number of likely N-dealkylation sites (N-methyl/N-ethyl adjacent to an activating group) is 1. The van der Waals surface area contributed by atoms with E-state index < -0.39 is 18.0 Å². The second-order valence-corrected chi connectivity index (χ2v) is 5.73. The normalized spacial score (nSPS) is 11.6. The number of carboxylic acid groups (broad SMARTS) is 1. The first-order valence-electron chi connectivity index (χ1n) is 6.46. The summed E-state index contributed by atoms with van der Waals surface area (Å²) < 4.78 is 0. The van der Waals surface area contributed by atoms with Crippen LogP contribution in [0.15, 0.2) is 0 Å². The summed E-state index contributed by atoms with van der Waals surface area (Å²) in [4.78, 5) is 35.4. The fourth-order valence-electron chi connectivity index (χ4n) is 1.70. The fourth-order valence-corrected chi connectivity index (χ4v) is 2.75. The third kappa shape index (κ3) is 4.19. The number of hydrogen-bond donors (Lipinski definition) is 4. The third-order valence-electron chi connectivity index (χ3n) is 2.92. The first-order valence-corrected chi connectivity index (χ1v) is 7.28. The van der Waals surface area contributed by atoms with Gasteiger partial charge in [0.05, 0.1) is 5.56 Å². The van der Waals surface area contributed by atoms with Crippen LogP contribution in [0, 0.1) is 13.8 Å².